The lowest BCUT2D eigenvalue weighted by atomic mass is 10.0. The predicted octanol–water partition coefficient (Wildman–Crippen LogP) is 6.13. The highest BCUT2D eigenvalue weighted by Gasteiger charge is 2.19. The van der Waals surface area contributed by atoms with E-state index in [4.69, 9.17) is 10.1 Å². The molecule has 0 amide bonds. The van der Waals surface area contributed by atoms with Crippen molar-refractivity contribution >= 4 is 27.2 Å². The normalized spacial score (nSPS) is 11.4. The van der Waals surface area contributed by atoms with Gasteiger partial charge in [0.05, 0.1) is 16.9 Å². The van der Waals surface area contributed by atoms with E-state index in [0.717, 1.165) is 49.7 Å². The van der Waals surface area contributed by atoms with Crippen LogP contribution in [0.4, 0.5) is 0 Å². The van der Waals surface area contributed by atoms with E-state index in [1.165, 1.54) is 11.3 Å². The van der Waals surface area contributed by atoms with Crippen LogP contribution >= 0.6 is 11.3 Å². The van der Waals surface area contributed by atoms with Crippen LogP contribution in [-0.4, -0.2) is 35.0 Å². The zero-order valence-electron chi connectivity index (χ0n) is 18.3. The third-order valence-corrected chi connectivity index (χ3v) is 6.83. The van der Waals surface area contributed by atoms with Crippen molar-refractivity contribution < 1.29 is 0 Å². The molecule has 0 spiro atoms. The molecule has 0 aliphatic carbocycles. The number of H-pyrrole nitrogens is 1. The van der Waals surface area contributed by atoms with Gasteiger partial charge >= 0.3 is 0 Å². The molecule has 7 nitrogen and oxygen atoms in total. The Kier molecular flexibility index (Phi) is 4.49. The van der Waals surface area contributed by atoms with Crippen molar-refractivity contribution in [1.82, 2.24) is 35.0 Å². The molecule has 7 aromatic rings. The first kappa shape index (κ1) is 19.7. The van der Waals surface area contributed by atoms with E-state index in [9.17, 15) is 0 Å². The Balaban J connectivity index is 1.36. The van der Waals surface area contributed by atoms with Gasteiger partial charge in [0, 0.05) is 22.1 Å². The Bertz CT molecular complexity index is 1800. The number of aromatic nitrogens is 7. The highest BCUT2D eigenvalue weighted by molar-refractivity contribution is 7.20. The highest BCUT2D eigenvalue weighted by Crippen LogP contribution is 2.35. The number of fused-ring (bicyclic) bond motifs is 2. The van der Waals surface area contributed by atoms with Crippen molar-refractivity contribution in [3.05, 3.63) is 97.1 Å². The van der Waals surface area contributed by atoms with Crippen LogP contribution in [0.3, 0.4) is 0 Å². The summed E-state index contributed by atoms with van der Waals surface area (Å²) in [6.45, 7) is 0. The summed E-state index contributed by atoms with van der Waals surface area (Å²) < 4.78 is 1.78. The summed E-state index contributed by atoms with van der Waals surface area (Å²) >= 11 is 1.50. The molecule has 0 unspecified atom stereocenters. The third-order valence-electron chi connectivity index (χ3n) is 5.90. The van der Waals surface area contributed by atoms with Crippen LogP contribution in [-0.2, 0) is 0 Å². The Morgan fingerprint density at radius 2 is 1.43 bits per heavy atom. The predicted molar refractivity (Wildman–Crippen MR) is 138 cm³/mol. The summed E-state index contributed by atoms with van der Waals surface area (Å²) in [5.74, 6) is 0.624. The first-order valence-corrected chi connectivity index (χ1v) is 11.9. The van der Waals surface area contributed by atoms with Crippen molar-refractivity contribution in [2.24, 2.45) is 0 Å². The van der Waals surface area contributed by atoms with Gasteiger partial charge in [-0.2, -0.15) is 14.7 Å². The molecule has 0 aliphatic heterocycles. The highest BCUT2D eigenvalue weighted by atomic mass is 32.1. The van der Waals surface area contributed by atoms with Gasteiger partial charge in [-0.15, -0.1) is 10.2 Å². The molecule has 0 fully saturated rings. The van der Waals surface area contributed by atoms with Gasteiger partial charge in [0.15, 0.2) is 0 Å². The summed E-state index contributed by atoms with van der Waals surface area (Å²) in [4.78, 5) is 5.61. The smallest absolute Gasteiger partial charge is 0.235 e. The van der Waals surface area contributed by atoms with Crippen molar-refractivity contribution in [3.8, 4) is 44.6 Å². The fraction of sp³-hybridized carbons (Fsp3) is 0. The molecule has 0 atom stereocenters. The maximum atomic E-state index is 4.92. The molecule has 7 rings (SSSR count). The molecule has 166 valence electrons. The minimum Gasteiger partial charge on any atom is -0.274 e. The molecular formula is C27H17N7S. The summed E-state index contributed by atoms with van der Waals surface area (Å²) in [6.07, 6.45) is 0. The number of para-hydroxylation sites is 1. The SMILES string of the molecule is c1ccc(-c2cc(-c3nnc4sc(-c5cc(-c6ccccc6)nc6ccccc56)nn34)[nH]n2)cc1. The minimum atomic E-state index is 0.624. The van der Waals surface area contributed by atoms with Crippen molar-refractivity contribution in [1.29, 1.82) is 0 Å². The maximum absolute atomic E-state index is 4.92. The molecule has 0 bridgehead atoms. The van der Waals surface area contributed by atoms with Gasteiger partial charge in [-0.05, 0) is 18.2 Å². The van der Waals surface area contributed by atoms with E-state index in [-0.39, 0.29) is 0 Å². The maximum Gasteiger partial charge on any atom is 0.235 e. The number of nitrogens with one attached hydrogen (secondary N) is 1. The number of benzene rings is 3. The summed E-state index contributed by atoms with van der Waals surface area (Å²) in [7, 11) is 0. The molecule has 0 saturated carbocycles. The van der Waals surface area contributed by atoms with Gasteiger partial charge in [0.25, 0.3) is 0 Å². The van der Waals surface area contributed by atoms with Gasteiger partial charge in [-0.25, -0.2) is 4.98 Å². The topological polar surface area (TPSA) is 84.6 Å². The fourth-order valence-corrected chi connectivity index (χ4v) is 5.07. The van der Waals surface area contributed by atoms with Gasteiger partial charge in [0.1, 0.15) is 10.7 Å². The first-order chi connectivity index (χ1) is 17.3. The van der Waals surface area contributed by atoms with Crippen LogP contribution in [0.1, 0.15) is 0 Å². The quantitative estimate of drug-likeness (QED) is 0.334. The summed E-state index contributed by atoms with van der Waals surface area (Å²) in [6, 6.07) is 32.4. The first-order valence-electron chi connectivity index (χ1n) is 11.1. The Morgan fingerprint density at radius 3 is 2.23 bits per heavy atom. The molecule has 0 aliphatic rings. The van der Waals surface area contributed by atoms with Crippen LogP contribution in [0.25, 0.3) is 60.5 Å². The lowest BCUT2D eigenvalue weighted by Crippen LogP contribution is -1.93. The van der Waals surface area contributed by atoms with Crippen LogP contribution in [0, 0.1) is 0 Å². The van der Waals surface area contributed by atoms with Crippen molar-refractivity contribution in [2.45, 2.75) is 0 Å². The van der Waals surface area contributed by atoms with Crippen LogP contribution in [0.2, 0.25) is 0 Å². The molecule has 35 heavy (non-hydrogen) atoms. The molecule has 4 aromatic heterocycles. The number of hydrogen-bond donors (Lipinski definition) is 1. The van der Waals surface area contributed by atoms with E-state index in [0.29, 0.717) is 10.8 Å². The second-order valence-electron chi connectivity index (χ2n) is 8.10. The number of rotatable bonds is 4. The average Bonchev–Trinajstić information content (AvgIpc) is 3.65. The van der Waals surface area contributed by atoms with Gasteiger partial charge in [0.2, 0.25) is 10.8 Å². The molecule has 0 saturated heterocycles. The Hall–Kier alpha value is -4.69. The minimum absolute atomic E-state index is 0.624. The lowest BCUT2D eigenvalue weighted by Gasteiger charge is -2.08. The van der Waals surface area contributed by atoms with Crippen LogP contribution in [0.5, 0.6) is 0 Å². The number of aromatic amines is 1. The second-order valence-corrected chi connectivity index (χ2v) is 9.05. The second kappa shape index (κ2) is 7.96. The molecule has 3 aromatic carbocycles. The van der Waals surface area contributed by atoms with E-state index < -0.39 is 0 Å². The van der Waals surface area contributed by atoms with Gasteiger partial charge in [-0.3, -0.25) is 5.10 Å². The molecule has 0 radical (unpaired) electrons. The van der Waals surface area contributed by atoms with Crippen molar-refractivity contribution in [2.75, 3.05) is 0 Å². The number of hydrogen-bond acceptors (Lipinski definition) is 6. The zero-order chi connectivity index (χ0) is 23.2. The largest absolute Gasteiger partial charge is 0.274 e. The van der Waals surface area contributed by atoms with Gasteiger partial charge in [-0.1, -0.05) is 90.2 Å². The monoisotopic (exact) mass is 471 g/mol. The van der Waals surface area contributed by atoms with E-state index >= 15 is 0 Å². The van der Waals surface area contributed by atoms with E-state index in [2.05, 4.69) is 44.7 Å². The standard InChI is InChI=1S/C27H17N7S/c1-3-9-17(10-4-1)22-15-20(19-13-7-8-14-21(19)28-22)26-33-34-25(31-32-27(34)35-26)24-16-23(29-30-24)18-11-5-2-6-12-18/h1-16H,(H,29,30). The number of nitrogens with zero attached hydrogens (tertiary/aromatic N) is 6. The van der Waals surface area contributed by atoms with Crippen molar-refractivity contribution in [3.63, 3.8) is 0 Å². The summed E-state index contributed by atoms with van der Waals surface area (Å²) in [5, 5.41) is 23.1. The fourth-order valence-electron chi connectivity index (χ4n) is 4.20. The molecule has 8 heteroatoms. The lowest BCUT2D eigenvalue weighted by molar-refractivity contribution is 0.955. The summed E-state index contributed by atoms with van der Waals surface area (Å²) in [5.41, 5.74) is 6.56. The van der Waals surface area contributed by atoms with E-state index in [1.54, 1.807) is 4.52 Å². The molecule has 1 N–H and O–H groups in total. The third kappa shape index (κ3) is 3.39. The molecular weight excluding hydrogens is 454 g/mol. The van der Waals surface area contributed by atoms with Gasteiger partial charge < -0.3 is 0 Å². The zero-order valence-corrected chi connectivity index (χ0v) is 19.1. The van der Waals surface area contributed by atoms with E-state index in [1.807, 2.05) is 72.8 Å². The Morgan fingerprint density at radius 1 is 0.714 bits per heavy atom. The molecule has 4 heterocycles. The number of pyridine rings is 1. The average molecular weight is 472 g/mol. The van der Waals surface area contributed by atoms with Crippen LogP contribution in [0.15, 0.2) is 97.1 Å². The Labute approximate surface area is 203 Å². The van der Waals surface area contributed by atoms with Crippen LogP contribution < -0.4 is 0 Å².